The Labute approximate surface area is 49.8 Å². The quantitative estimate of drug-likeness (QED) is 0.504. The first kappa shape index (κ1) is 7.89. The van der Waals surface area contributed by atoms with Crippen molar-refractivity contribution in [2.45, 2.75) is 26.2 Å². The maximum atomic E-state index is 11.1. The summed E-state index contributed by atoms with van der Waals surface area (Å²) in [7, 11) is 0. The highest BCUT2D eigenvalue weighted by Gasteiger charge is 1.84. The van der Waals surface area contributed by atoms with E-state index in [9.17, 15) is 4.39 Å². The summed E-state index contributed by atoms with van der Waals surface area (Å²) in [6, 6.07) is 0. The molecule has 0 amide bonds. The topological polar surface area (TPSA) is 9.23 Å². The first-order valence-corrected chi connectivity index (χ1v) is 2.95. The highest BCUT2D eigenvalue weighted by Crippen LogP contribution is 1.94. The highest BCUT2D eigenvalue weighted by atomic mass is 19.1. The monoisotopic (exact) mass is 119 g/mol. The van der Waals surface area contributed by atoms with Crippen LogP contribution >= 0.6 is 0 Å². The Bertz CT molecular complexity index is 33.5. The third-order valence-electron chi connectivity index (χ3n) is 0.929. The summed E-state index contributed by atoms with van der Waals surface area (Å²) in [4.78, 5) is 0. The van der Waals surface area contributed by atoms with Crippen molar-refractivity contribution in [3.63, 3.8) is 0 Å². The molecule has 0 rings (SSSR count). The number of unbranched alkanes of at least 4 members (excludes halogenated alkanes) is 2. The molecule has 0 spiro atoms. The summed E-state index contributed by atoms with van der Waals surface area (Å²) in [5, 5.41) is 0. The standard InChI is InChI=1S/C6H12FO/c1-2-3-4-5-8-6-7/h6H,2-5H2,1H3. The molecule has 0 aromatic carbocycles. The molecule has 0 unspecified atom stereocenters. The van der Waals surface area contributed by atoms with E-state index in [2.05, 4.69) is 11.7 Å². The predicted molar refractivity (Wildman–Crippen MR) is 30.9 cm³/mol. The molecule has 0 N–H and O–H groups in total. The third kappa shape index (κ3) is 5.89. The lowest BCUT2D eigenvalue weighted by atomic mass is 10.3. The Balaban J connectivity index is 2.53. The Morgan fingerprint density at radius 3 is 2.75 bits per heavy atom. The van der Waals surface area contributed by atoms with Crippen molar-refractivity contribution >= 4 is 0 Å². The minimum Gasteiger partial charge on any atom is -0.344 e. The van der Waals surface area contributed by atoms with E-state index >= 15 is 0 Å². The largest absolute Gasteiger partial charge is 0.344 e. The van der Waals surface area contributed by atoms with Gasteiger partial charge in [-0.05, 0) is 6.42 Å². The van der Waals surface area contributed by atoms with Gasteiger partial charge in [0.15, 0.2) is 0 Å². The number of rotatable bonds is 5. The van der Waals surface area contributed by atoms with Gasteiger partial charge < -0.3 is 4.74 Å². The van der Waals surface area contributed by atoms with Gasteiger partial charge in [0.1, 0.15) is 0 Å². The minimum absolute atomic E-state index is 0.246. The highest BCUT2D eigenvalue weighted by molar-refractivity contribution is 4.35. The van der Waals surface area contributed by atoms with Crippen LogP contribution in [0.5, 0.6) is 0 Å². The second-order valence-electron chi connectivity index (χ2n) is 1.67. The van der Waals surface area contributed by atoms with Crippen LogP contribution in [0.2, 0.25) is 0 Å². The van der Waals surface area contributed by atoms with Gasteiger partial charge in [-0.1, -0.05) is 19.8 Å². The molecule has 0 atom stereocenters. The second kappa shape index (κ2) is 6.89. The Kier molecular flexibility index (Phi) is 6.80. The van der Waals surface area contributed by atoms with Crippen LogP contribution in [0.1, 0.15) is 26.2 Å². The van der Waals surface area contributed by atoms with Gasteiger partial charge in [0, 0.05) is 0 Å². The van der Waals surface area contributed by atoms with Crippen LogP contribution in [-0.4, -0.2) is 6.61 Å². The second-order valence-corrected chi connectivity index (χ2v) is 1.67. The molecule has 0 saturated heterocycles. The Hall–Kier alpha value is -0.110. The van der Waals surface area contributed by atoms with Crippen LogP contribution < -0.4 is 0 Å². The molecule has 0 saturated carbocycles. The average Bonchev–Trinajstić information content (AvgIpc) is 1.81. The molecule has 49 valence electrons. The molecule has 0 aliphatic rings. The van der Waals surface area contributed by atoms with E-state index in [1.54, 1.807) is 0 Å². The summed E-state index contributed by atoms with van der Waals surface area (Å²) in [5.74, 6) is 0. The summed E-state index contributed by atoms with van der Waals surface area (Å²) in [6.07, 6.45) is 3.22. The van der Waals surface area contributed by atoms with Crippen molar-refractivity contribution in [3.05, 3.63) is 6.86 Å². The molecular weight excluding hydrogens is 107 g/mol. The molecule has 1 nitrogen and oxygen atoms in total. The number of hydrogen-bond donors (Lipinski definition) is 0. The predicted octanol–water partition coefficient (Wildman–Crippen LogP) is 2.28. The normalized spacial score (nSPS) is 9.75. The zero-order chi connectivity index (χ0) is 6.24. The molecule has 0 aromatic rings. The fourth-order valence-corrected chi connectivity index (χ4v) is 0.480. The molecule has 0 aliphatic carbocycles. The first-order chi connectivity index (χ1) is 3.91. The van der Waals surface area contributed by atoms with E-state index in [1.807, 2.05) is 0 Å². The SMILES string of the molecule is CCCCCO[CH]F. The Morgan fingerprint density at radius 2 is 2.25 bits per heavy atom. The van der Waals surface area contributed by atoms with Crippen LogP contribution in [-0.2, 0) is 4.74 Å². The van der Waals surface area contributed by atoms with Crippen molar-refractivity contribution in [3.8, 4) is 0 Å². The van der Waals surface area contributed by atoms with Crippen LogP contribution in [0, 0.1) is 6.86 Å². The van der Waals surface area contributed by atoms with E-state index in [0.717, 1.165) is 19.3 Å². The van der Waals surface area contributed by atoms with Gasteiger partial charge in [-0.25, -0.2) is 4.39 Å². The number of halogens is 1. The Morgan fingerprint density at radius 1 is 1.50 bits per heavy atom. The van der Waals surface area contributed by atoms with Crippen LogP contribution in [0.15, 0.2) is 0 Å². The van der Waals surface area contributed by atoms with E-state index in [1.165, 1.54) is 0 Å². The van der Waals surface area contributed by atoms with Crippen molar-refractivity contribution in [2.24, 2.45) is 0 Å². The van der Waals surface area contributed by atoms with E-state index in [4.69, 9.17) is 0 Å². The van der Waals surface area contributed by atoms with Gasteiger partial charge in [0.25, 0.3) is 6.86 Å². The molecule has 0 aliphatic heterocycles. The van der Waals surface area contributed by atoms with Crippen LogP contribution in [0.3, 0.4) is 0 Å². The maximum Gasteiger partial charge on any atom is 0.255 e. The lowest BCUT2D eigenvalue weighted by Crippen LogP contribution is -1.87. The maximum absolute atomic E-state index is 11.1. The molecule has 2 heteroatoms. The lowest BCUT2D eigenvalue weighted by molar-refractivity contribution is 0.128. The average molecular weight is 119 g/mol. The van der Waals surface area contributed by atoms with Crippen molar-refractivity contribution in [1.29, 1.82) is 0 Å². The summed E-state index contributed by atoms with van der Waals surface area (Å²) < 4.78 is 15.4. The molecule has 0 fully saturated rings. The molecule has 0 bridgehead atoms. The number of hydrogen-bond acceptors (Lipinski definition) is 1. The zero-order valence-corrected chi connectivity index (χ0v) is 5.19. The molecule has 0 aromatic heterocycles. The van der Waals surface area contributed by atoms with Gasteiger partial charge in [0.05, 0.1) is 6.61 Å². The smallest absolute Gasteiger partial charge is 0.255 e. The minimum atomic E-state index is 0.246. The van der Waals surface area contributed by atoms with Gasteiger partial charge >= 0.3 is 0 Å². The van der Waals surface area contributed by atoms with Crippen molar-refractivity contribution in [2.75, 3.05) is 6.61 Å². The third-order valence-corrected chi connectivity index (χ3v) is 0.929. The van der Waals surface area contributed by atoms with Gasteiger partial charge in [-0.3, -0.25) is 0 Å². The molecule has 8 heavy (non-hydrogen) atoms. The summed E-state index contributed by atoms with van der Waals surface area (Å²) >= 11 is 0. The van der Waals surface area contributed by atoms with Gasteiger partial charge in [0.2, 0.25) is 0 Å². The van der Waals surface area contributed by atoms with Crippen molar-refractivity contribution < 1.29 is 9.13 Å². The lowest BCUT2D eigenvalue weighted by Gasteiger charge is -1.94. The van der Waals surface area contributed by atoms with E-state index in [-0.39, 0.29) is 6.86 Å². The van der Waals surface area contributed by atoms with Crippen molar-refractivity contribution in [1.82, 2.24) is 0 Å². The van der Waals surface area contributed by atoms with Crippen LogP contribution in [0.4, 0.5) is 4.39 Å². The van der Waals surface area contributed by atoms with Crippen LogP contribution in [0.25, 0.3) is 0 Å². The number of ether oxygens (including phenoxy) is 1. The van der Waals surface area contributed by atoms with Gasteiger partial charge in [-0.15, -0.1) is 0 Å². The molecule has 0 heterocycles. The molecule has 1 radical (unpaired) electrons. The fraction of sp³-hybridized carbons (Fsp3) is 0.833. The summed E-state index contributed by atoms with van der Waals surface area (Å²) in [6.45, 7) is 2.86. The fourth-order valence-electron chi connectivity index (χ4n) is 0.480. The van der Waals surface area contributed by atoms with E-state index < -0.39 is 0 Å². The summed E-state index contributed by atoms with van der Waals surface area (Å²) in [5.41, 5.74) is 0. The first-order valence-electron chi connectivity index (χ1n) is 2.95. The van der Waals surface area contributed by atoms with Gasteiger partial charge in [-0.2, -0.15) is 0 Å². The molecular formula is C6H12FO. The zero-order valence-electron chi connectivity index (χ0n) is 5.19. The van der Waals surface area contributed by atoms with E-state index in [0.29, 0.717) is 6.61 Å².